The van der Waals surface area contributed by atoms with Gasteiger partial charge in [-0.1, -0.05) is 0 Å². The van der Waals surface area contributed by atoms with Gasteiger partial charge in [0.25, 0.3) is 0 Å². The molecule has 1 fully saturated rings. The third kappa shape index (κ3) is 3.05. The van der Waals surface area contributed by atoms with Crippen molar-refractivity contribution in [1.82, 2.24) is 10.6 Å². The average molecular weight is 184 g/mol. The number of piperidine rings is 1. The average Bonchev–Trinajstić information content (AvgIpc) is 2.03. The van der Waals surface area contributed by atoms with Crippen LogP contribution in [0.1, 0.15) is 33.1 Å². The third-order valence-electron chi connectivity index (χ3n) is 1.98. The number of amides is 2. The molecule has 74 valence electrons. The highest BCUT2D eigenvalue weighted by molar-refractivity contribution is 5.88. The van der Waals surface area contributed by atoms with Gasteiger partial charge in [-0.05, 0) is 26.7 Å². The first kappa shape index (κ1) is 10.0. The second-order valence-corrected chi connectivity index (χ2v) is 3.68. The lowest BCUT2D eigenvalue weighted by Crippen LogP contribution is -2.50. The molecule has 13 heavy (non-hydrogen) atoms. The van der Waals surface area contributed by atoms with Gasteiger partial charge in [-0.2, -0.15) is 0 Å². The number of nitrogens with one attached hydrogen (secondary N) is 2. The van der Waals surface area contributed by atoms with E-state index in [1.165, 1.54) is 0 Å². The molecule has 0 aromatic rings. The van der Waals surface area contributed by atoms with Crippen molar-refractivity contribution >= 4 is 11.8 Å². The second kappa shape index (κ2) is 4.25. The number of carbonyl (C=O) groups is 2. The van der Waals surface area contributed by atoms with Gasteiger partial charge >= 0.3 is 0 Å². The molecule has 2 amide bonds. The minimum atomic E-state index is -0.316. The Morgan fingerprint density at radius 1 is 1.62 bits per heavy atom. The highest BCUT2D eigenvalue weighted by Crippen LogP contribution is 2.08. The van der Waals surface area contributed by atoms with Crippen molar-refractivity contribution in [3.8, 4) is 0 Å². The van der Waals surface area contributed by atoms with Crippen LogP contribution in [-0.2, 0) is 9.59 Å². The largest absolute Gasteiger partial charge is 0.352 e. The fraction of sp³-hybridized carbons (Fsp3) is 0.778. The summed E-state index contributed by atoms with van der Waals surface area (Å²) in [5.74, 6) is -0.0850. The molecule has 0 radical (unpaired) electrons. The Morgan fingerprint density at radius 2 is 2.31 bits per heavy atom. The number of carbonyl (C=O) groups excluding carboxylic acids is 2. The maximum atomic E-state index is 11.4. The maximum absolute atomic E-state index is 11.4. The summed E-state index contributed by atoms with van der Waals surface area (Å²) in [5.41, 5.74) is 0. The van der Waals surface area contributed by atoms with E-state index in [0.29, 0.717) is 6.42 Å². The molecule has 1 aliphatic heterocycles. The highest BCUT2D eigenvalue weighted by atomic mass is 16.2. The topological polar surface area (TPSA) is 58.2 Å². The van der Waals surface area contributed by atoms with Crippen molar-refractivity contribution in [2.75, 3.05) is 0 Å². The summed E-state index contributed by atoms with van der Waals surface area (Å²) in [7, 11) is 0. The van der Waals surface area contributed by atoms with Gasteiger partial charge in [-0.25, -0.2) is 0 Å². The normalized spacial score (nSPS) is 22.7. The van der Waals surface area contributed by atoms with Crippen molar-refractivity contribution in [2.45, 2.75) is 45.2 Å². The first-order chi connectivity index (χ1) is 6.09. The quantitative estimate of drug-likeness (QED) is 0.643. The molecule has 0 aliphatic carbocycles. The van der Waals surface area contributed by atoms with Crippen molar-refractivity contribution in [1.29, 1.82) is 0 Å². The fourth-order valence-corrected chi connectivity index (χ4v) is 1.39. The van der Waals surface area contributed by atoms with Crippen LogP contribution in [0.4, 0.5) is 0 Å². The van der Waals surface area contributed by atoms with E-state index >= 15 is 0 Å². The molecule has 0 aromatic carbocycles. The fourth-order valence-electron chi connectivity index (χ4n) is 1.39. The van der Waals surface area contributed by atoms with Gasteiger partial charge in [0.15, 0.2) is 0 Å². The van der Waals surface area contributed by atoms with Gasteiger partial charge in [0.1, 0.15) is 6.04 Å². The molecule has 1 saturated heterocycles. The second-order valence-electron chi connectivity index (χ2n) is 3.68. The molecule has 1 heterocycles. The van der Waals surface area contributed by atoms with Crippen LogP contribution < -0.4 is 10.6 Å². The van der Waals surface area contributed by atoms with Crippen LogP contribution in [0.25, 0.3) is 0 Å². The molecule has 1 atom stereocenters. The van der Waals surface area contributed by atoms with Crippen molar-refractivity contribution < 1.29 is 9.59 Å². The summed E-state index contributed by atoms with van der Waals surface area (Å²) >= 11 is 0. The molecule has 0 bridgehead atoms. The zero-order valence-corrected chi connectivity index (χ0v) is 8.09. The van der Waals surface area contributed by atoms with E-state index in [1.807, 2.05) is 13.8 Å². The van der Waals surface area contributed by atoms with Gasteiger partial charge < -0.3 is 10.6 Å². The molecule has 0 spiro atoms. The Bertz CT molecular complexity index is 214. The Morgan fingerprint density at radius 3 is 2.85 bits per heavy atom. The van der Waals surface area contributed by atoms with E-state index in [9.17, 15) is 9.59 Å². The molecule has 1 rings (SSSR count). The lowest BCUT2D eigenvalue weighted by atomic mass is 10.0. The highest BCUT2D eigenvalue weighted by Gasteiger charge is 2.24. The lowest BCUT2D eigenvalue weighted by molar-refractivity contribution is -0.131. The number of rotatable bonds is 2. The van der Waals surface area contributed by atoms with E-state index in [1.54, 1.807) is 0 Å². The molecule has 1 aliphatic rings. The lowest BCUT2D eigenvalue weighted by Gasteiger charge is -2.23. The Kier molecular flexibility index (Phi) is 3.28. The maximum Gasteiger partial charge on any atom is 0.242 e. The summed E-state index contributed by atoms with van der Waals surface area (Å²) in [6.45, 7) is 3.81. The monoisotopic (exact) mass is 184 g/mol. The van der Waals surface area contributed by atoms with Gasteiger partial charge in [0.2, 0.25) is 11.8 Å². The van der Waals surface area contributed by atoms with Crippen LogP contribution in [0.15, 0.2) is 0 Å². The first-order valence-corrected chi connectivity index (χ1v) is 4.69. The van der Waals surface area contributed by atoms with Crippen LogP contribution in [0.2, 0.25) is 0 Å². The third-order valence-corrected chi connectivity index (χ3v) is 1.98. The molecule has 0 unspecified atom stereocenters. The summed E-state index contributed by atoms with van der Waals surface area (Å²) < 4.78 is 0. The van der Waals surface area contributed by atoms with Crippen molar-refractivity contribution in [2.24, 2.45) is 0 Å². The Hall–Kier alpha value is -1.06. The van der Waals surface area contributed by atoms with Crippen LogP contribution in [0.3, 0.4) is 0 Å². The van der Waals surface area contributed by atoms with Crippen LogP contribution in [0.5, 0.6) is 0 Å². The summed E-state index contributed by atoms with van der Waals surface area (Å²) in [6.07, 6.45) is 2.11. The molecular weight excluding hydrogens is 168 g/mol. The molecule has 0 saturated carbocycles. The van der Waals surface area contributed by atoms with E-state index in [4.69, 9.17) is 0 Å². The number of hydrogen-bond donors (Lipinski definition) is 2. The molecule has 4 heteroatoms. The SMILES string of the molecule is CC(C)NC(=O)[C@H]1CCCC(=O)N1. The Balaban J connectivity index is 2.41. The van der Waals surface area contributed by atoms with Gasteiger partial charge in [-0.15, -0.1) is 0 Å². The van der Waals surface area contributed by atoms with Crippen LogP contribution in [0, 0.1) is 0 Å². The molecule has 0 aromatic heterocycles. The van der Waals surface area contributed by atoms with E-state index in [-0.39, 0.29) is 23.9 Å². The smallest absolute Gasteiger partial charge is 0.242 e. The summed E-state index contributed by atoms with van der Waals surface area (Å²) in [6, 6.07) is -0.185. The first-order valence-electron chi connectivity index (χ1n) is 4.69. The van der Waals surface area contributed by atoms with E-state index < -0.39 is 0 Å². The van der Waals surface area contributed by atoms with Crippen LogP contribution in [-0.4, -0.2) is 23.9 Å². The van der Waals surface area contributed by atoms with Crippen LogP contribution >= 0.6 is 0 Å². The predicted molar refractivity (Wildman–Crippen MR) is 49.1 cm³/mol. The summed E-state index contributed by atoms with van der Waals surface area (Å²) in [5, 5.41) is 5.45. The molecule has 4 nitrogen and oxygen atoms in total. The van der Waals surface area contributed by atoms with E-state index in [0.717, 1.165) is 12.8 Å². The predicted octanol–water partition coefficient (Wildman–Crippen LogP) is 0.180. The molecular formula is C9H16N2O2. The van der Waals surface area contributed by atoms with Gasteiger partial charge in [0.05, 0.1) is 0 Å². The zero-order valence-electron chi connectivity index (χ0n) is 8.09. The minimum Gasteiger partial charge on any atom is -0.352 e. The van der Waals surface area contributed by atoms with Crippen molar-refractivity contribution in [3.63, 3.8) is 0 Å². The minimum absolute atomic E-state index is 0.0184. The zero-order chi connectivity index (χ0) is 9.84. The van der Waals surface area contributed by atoms with Crippen molar-refractivity contribution in [3.05, 3.63) is 0 Å². The van der Waals surface area contributed by atoms with Gasteiger partial charge in [-0.3, -0.25) is 9.59 Å². The summed E-state index contributed by atoms with van der Waals surface area (Å²) in [4.78, 5) is 22.4. The van der Waals surface area contributed by atoms with Gasteiger partial charge in [0, 0.05) is 12.5 Å². The van der Waals surface area contributed by atoms with E-state index in [2.05, 4.69) is 10.6 Å². The molecule has 2 N–H and O–H groups in total. The standard InChI is InChI=1S/C9H16N2O2/c1-6(2)10-9(13)7-4-3-5-8(12)11-7/h6-7H,3-5H2,1-2H3,(H,10,13)(H,11,12)/t7-/m1/s1. The Labute approximate surface area is 78.1 Å². The number of hydrogen-bond acceptors (Lipinski definition) is 2.